The summed E-state index contributed by atoms with van der Waals surface area (Å²) in [6.45, 7) is 0. The van der Waals surface area contributed by atoms with Crippen LogP contribution in [-0.2, 0) is 0 Å². The van der Waals surface area contributed by atoms with E-state index in [1.165, 1.54) is 0 Å². The Bertz CT molecular complexity index is 686. The average Bonchev–Trinajstić information content (AvgIpc) is 2.91. The minimum atomic E-state index is -0.194. The van der Waals surface area contributed by atoms with Crippen molar-refractivity contribution < 1.29 is 4.79 Å². The molecule has 2 heterocycles. The average molecular weight is 238 g/mol. The number of H-pyrrole nitrogens is 1. The molecular formula is C13H10N4O. The fourth-order valence-corrected chi connectivity index (χ4v) is 1.81. The highest BCUT2D eigenvalue weighted by Gasteiger charge is 2.11. The molecule has 1 amide bonds. The lowest BCUT2D eigenvalue weighted by Gasteiger charge is -2.05. The zero-order valence-electron chi connectivity index (χ0n) is 9.42. The zero-order chi connectivity index (χ0) is 12.4. The highest BCUT2D eigenvalue weighted by Crippen LogP contribution is 2.17. The first kappa shape index (κ1) is 10.5. The first-order valence-corrected chi connectivity index (χ1v) is 5.48. The van der Waals surface area contributed by atoms with Gasteiger partial charge in [-0.3, -0.25) is 14.9 Å². The molecule has 3 rings (SSSR count). The van der Waals surface area contributed by atoms with E-state index in [0.717, 1.165) is 5.39 Å². The largest absolute Gasteiger partial charge is 0.319 e. The Balaban J connectivity index is 2.01. The van der Waals surface area contributed by atoms with Crippen molar-refractivity contribution in [3.8, 4) is 0 Å². The minimum Gasteiger partial charge on any atom is -0.319 e. The monoisotopic (exact) mass is 238 g/mol. The van der Waals surface area contributed by atoms with Crippen molar-refractivity contribution >= 4 is 22.5 Å². The van der Waals surface area contributed by atoms with E-state index in [2.05, 4.69) is 20.5 Å². The first-order valence-electron chi connectivity index (χ1n) is 5.48. The van der Waals surface area contributed by atoms with Crippen molar-refractivity contribution in [3.63, 3.8) is 0 Å². The lowest BCUT2D eigenvalue weighted by atomic mass is 10.1. The molecule has 18 heavy (non-hydrogen) atoms. The number of hydrogen-bond donors (Lipinski definition) is 2. The van der Waals surface area contributed by atoms with Gasteiger partial charge < -0.3 is 5.32 Å². The predicted octanol–water partition coefficient (Wildman–Crippen LogP) is 2.21. The standard InChI is InChI=1S/C13H10N4O/c18-13(17-10-7-15-16-8-10)11-5-1-3-9-4-2-6-14-12(9)11/h1-8H,(H,15,16)(H,17,18). The highest BCUT2D eigenvalue weighted by molar-refractivity contribution is 6.11. The molecule has 0 spiro atoms. The fraction of sp³-hybridized carbons (Fsp3) is 0. The van der Waals surface area contributed by atoms with Crippen LogP contribution in [0.1, 0.15) is 10.4 Å². The molecule has 0 bridgehead atoms. The van der Waals surface area contributed by atoms with Crippen molar-refractivity contribution in [1.82, 2.24) is 15.2 Å². The maximum Gasteiger partial charge on any atom is 0.257 e. The van der Waals surface area contributed by atoms with Crippen LogP contribution < -0.4 is 5.32 Å². The van der Waals surface area contributed by atoms with Gasteiger partial charge in [0.05, 0.1) is 23.0 Å². The third kappa shape index (κ3) is 1.82. The summed E-state index contributed by atoms with van der Waals surface area (Å²) in [4.78, 5) is 16.4. The molecular weight excluding hydrogens is 228 g/mol. The van der Waals surface area contributed by atoms with Crippen molar-refractivity contribution in [2.24, 2.45) is 0 Å². The number of nitrogens with one attached hydrogen (secondary N) is 2. The van der Waals surface area contributed by atoms with Crippen LogP contribution in [0.5, 0.6) is 0 Å². The van der Waals surface area contributed by atoms with Crippen LogP contribution in [0.2, 0.25) is 0 Å². The van der Waals surface area contributed by atoms with Crippen LogP contribution in [0.3, 0.4) is 0 Å². The quantitative estimate of drug-likeness (QED) is 0.719. The molecule has 1 aromatic carbocycles. The van der Waals surface area contributed by atoms with E-state index in [1.807, 2.05) is 24.3 Å². The molecule has 0 aliphatic heterocycles. The molecule has 2 N–H and O–H groups in total. The molecule has 5 nitrogen and oxygen atoms in total. The molecule has 88 valence electrons. The number of para-hydroxylation sites is 1. The number of pyridine rings is 1. The number of carbonyl (C=O) groups is 1. The molecule has 0 aliphatic rings. The van der Waals surface area contributed by atoms with Crippen molar-refractivity contribution in [3.05, 3.63) is 54.5 Å². The Morgan fingerprint density at radius 2 is 2.11 bits per heavy atom. The molecule has 0 radical (unpaired) electrons. The zero-order valence-corrected chi connectivity index (χ0v) is 9.42. The summed E-state index contributed by atoms with van der Waals surface area (Å²) in [6.07, 6.45) is 4.85. The van der Waals surface area contributed by atoms with Crippen LogP contribution in [0.25, 0.3) is 10.9 Å². The van der Waals surface area contributed by atoms with Gasteiger partial charge >= 0.3 is 0 Å². The summed E-state index contributed by atoms with van der Waals surface area (Å²) in [5.74, 6) is -0.194. The molecule has 5 heteroatoms. The Morgan fingerprint density at radius 3 is 2.94 bits per heavy atom. The van der Waals surface area contributed by atoms with E-state index in [9.17, 15) is 4.79 Å². The molecule has 2 aromatic heterocycles. The van der Waals surface area contributed by atoms with Crippen LogP contribution in [-0.4, -0.2) is 21.1 Å². The van der Waals surface area contributed by atoms with Gasteiger partial charge in [-0.05, 0) is 12.1 Å². The number of aromatic amines is 1. The predicted molar refractivity (Wildman–Crippen MR) is 68.3 cm³/mol. The van der Waals surface area contributed by atoms with E-state index in [-0.39, 0.29) is 5.91 Å². The van der Waals surface area contributed by atoms with Gasteiger partial charge in [0.25, 0.3) is 5.91 Å². The molecule has 0 atom stereocenters. The van der Waals surface area contributed by atoms with Crippen molar-refractivity contribution in [2.75, 3.05) is 5.32 Å². The Kier molecular flexibility index (Phi) is 2.49. The summed E-state index contributed by atoms with van der Waals surface area (Å²) < 4.78 is 0. The molecule has 3 aromatic rings. The van der Waals surface area contributed by atoms with Gasteiger partial charge in [-0.25, -0.2) is 0 Å². The van der Waals surface area contributed by atoms with Gasteiger partial charge in [0.2, 0.25) is 0 Å². The van der Waals surface area contributed by atoms with Gasteiger partial charge in [0.1, 0.15) is 0 Å². The second-order valence-electron chi connectivity index (χ2n) is 3.82. The third-order valence-electron chi connectivity index (χ3n) is 2.63. The first-order chi connectivity index (χ1) is 8.84. The highest BCUT2D eigenvalue weighted by atomic mass is 16.1. The van der Waals surface area contributed by atoms with Gasteiger partial charge in [0, 0.05) is 17.8 Å². The van der Waals surface area contributed by atoms with E-state index in [4.69, 9.17) is 0 Å². The minimum absolute atomic E-state index is 0.194. The van der Waals surface area contributed by atoms with Crippen LogP contribution in [0.15, 0.2) is 48.9 Å². The summed E-state index contributed by atoms with van der Waals surface area (Å²) in [6, 6.07) is 9.30. The topological polar surface area (TPSA) is 70.7 Å². The second kappa shape index (κ2) is 4.29. The Morgan fingerprint density at radius 1 is 1.22 bits per heavy atom. The van der Waals surface area contributed by atoms with Crippen molar-refractivity contribution in [2.45, 2.75) is 0 Å². The number of rotatable bonds is 2. The number of amides is 1. The molecule has 0 saturated carbocycles. The SMILES string of the molecule is O=C(Nc1cn[nH]c1)c1cccc2cccnc12. The molecule has 0 aliphatic carbocycles. The maximum atomic E-state index is 12.1. The summed E-state index contributed by atoms with van der Waals surface area (Å²) in [5.41, 5.74) is 1.88. The fourth-order valence-electron chi connectivity index (χ4n) is 1.81. The summed E-state index contributed by atoms with van der Waals surface area (Å²) in [5, 5.41) is 10.1. The van der Waals surface area contributed by atoms with E-state index >= 15 is 0 Å². The third-order valence-corrected chi connectivity index (χ3v) is 2.63. The van der Waals surface area contributed by atoms with Crippen molar-refractivity contribution in [1.29, 1.82) is 0 Å². The summed E-state index contributed by atoms with van der Waals surface area (Å²) in [7, 11) is 0. The van der Waals surface area contributed by atoms with E-state index in [0.29, 0.717) is 16.8 Å². The molecule has 0 saturated heterocycles. The van der Waals surface area contributed by atoms with Crippen LogP contribution in [0, 0.1) is 0 Å². The van der Waals surface area contributed by atoms with Gasteiger partial charge in [-0.15, -0.1) is 0 Å². The Hall–Kier alpha value is -2.69. The number of nitrogens with zero attached hydrogens (tertiary/aromatic N) is 2. The number of hydrogen-bond acceptors (Lipinski definition) is 3. The van der Waals surface area contributed by atoms with Crippen LogP contribution in [0.4, 0.5) is 5.69 Å². The van der Waals surface area contributed by atoms with Gasteiger partial charge in [-0.1, -0.05) is 18.2 Å². The molecule has 0 unspecified atom stereocenters. The Labute approximate surface area is 103 Å². The number of carbonyl (C=O) groups excluding carboxylic acids is 1. The number of benzene rings is 1. The number of aromatic nitrogens is 3. The summed E-state index contributed by atoms with van der Waals surface area (Å²) >= 11 is 0. The maximum absolute atomic E-state index is 12.1. The van der Waals surface area contributed by atoms with Crippen LogP contribution >= 0.6 is 0 Å². The van der Waals surface area contributed by atoms with E-state index in [1.54, 1.807) is 24.7 Å². The van der Waals surface area contributed by atoms with Gasteiger partial charge in [0.15, 0.2) is 0 Å². The number of fused-ring (bicyclic) bond motifs is 1. The smallest absolute Gasteiger partial charge is 0.257 e. The van der Waals surface area contributed by atoms with E-state index < -0.39 is 0 Å². The normalized spacial score (nSPS) is 10.4. The lowest BCUT2D eigenvalue weighted by Crippen LogP contribution is -2.12. The second-order valence-corrected chi connectivity index (χ2v) is 3.82. The molecule has 0 fully saturated rings. The van der Waals surface area contributed by atoms with Gasteiger partial charge in [-0.2, -0.15) is 5.10 Å². The number of anilines is 1. The lowest BCUT2D eigenvalue weighted by molar-refractivity contribution is 0.102.